The zero-order valence-corrected chi connectivity index (χ0v) is 11.7. The second kappa shape index (κ2) is 4.49. The lowest BCUT2D eigenvalue weighted by atomic mass is 10.1. The molecule has 1 unspecified atom stereocenters. The minimum atomic E-state index is -0.786. The first-order valence-corrected chi connectivity index (χ1v) is 6.65. The fourth-order valence-electron chi connectivity index (χ4n) is 2.65. The molecular formula is C14H18N4O2. The maximum atomic E-state index is 12.6. The number of β-amino-alcohol motifs (C(OH)–C–C–N with tert-alkyl or cyclic N) is 1. The van der Waals surface area contributed by atoms with Crippen LogP contribution in [0.5, 0.6) is 0 Å². The Morgan fingerprint density at radius 1 is 1.40 bits per heavy atom. The van der Waals surface area contributed by atoms with Gasteiger partial charge in [0.15, 0.2) is 0 Å². The van der Waals surface area contributed by atoms with Gasteiger partial charge in [0.2, 0.25) is 0 Å². The predicted molar refractivity (Wildman–Crippen MR) is 73.7 cm³/mol. The number of aryl methyl sites for hydroxylation is 1. The van der Waals surface area contributed by atoms with Gasteiger partial charge in [0, 0.05) is 32.5 Å². The van der Waals surface area contributed by atoms with Gasteiger partial charge >= 0.3 is 0 Å². The van der Waals surface area contributed by atoms with E-state index >= 15 is 0 Å². The summed E-state index contributed by atoms with van der Waals surface area (Å²) in [6.45, 7) is 2.70. The summed E-state index contributed by atoms with van der Waals surface area (Å²) in [6, 6.07) is 3.81. The van der Waals surface area contributed by atoms with Crippen molar-refractivity contribution >= 4 is 5.91 Å². The highest BCUT2D eigenvalue weighted by atomic mass is 16.3. The van der Waals surface area contributed by atoms with Gasteiger partial charge in [0.25, 0.3) is 5.91 Å². The number of nitrogens with zero attached hydrogens (tertiary/aromatic N) is 4. The fourth-order valence-corrected chi connectivity index (χ4v) is 2.65. The average molecular weight is 274 g/mol. The second-order valence-corrected chi connectivity index (χ2v) is 5.57. The summed E-state index contributed by atoms with van der Waals surface area (Å²) < 4.78 is 3.55. The Balaban J connectivity index is 1.94. The number of likely N-dealkylation sites (tertiary alicyclic amines) is 1. The van der Waals surface area contributed by atoms with Crippen molar-refractivity contribution in [1.82, 2.24) is 19.2 Å². The zero-order chi connectivity index (χ0) is 14.3. The fraction of sp³-hybridized carbons (Fsp3) is 0.429. The Kier molecular flexibility index (Phi) is 2.90. The molecule has 1 atom stereocenters. The van der Waals surface area contributed by atoms with Crippen molar-refractivity contribution < 1.29 is 9.90 Å². The van der Waals surface area contributed by atoms with Crippen LogP contribution in [0.15, 0.2) is 30.7 Å². The summed E-state index contributed by atoms with van der Waals surface area (Å²) in [6.07, 6.45) is 5.96. The molecule has 1 aliphatic rings. The molecule has 0 bridgehead atoms. The topological polar surface area (TPSA) is 63.3 Å². The molecule has 6 nitrogen and oxygen atoms in total. The minimum absolute atomic E-state index is 0.0837. The van der Waals surface area contributed by atoms with Gasteiger partial charge in [-0.05, 0) is 25.5 Å². The van der Waals surface area contributed by atoms with Crippen LogP contribution in [0, 0.1) is 0 Å². The third-order valence-corrected chi connectivity index (χ3v) is 3.73. The van der Waals surface area contributed by atoms with E-state index in [0.29, 0.717) is 25.1 Å². The number of rotatable bonds is 2. The van der Waals surface area contributed by atoms with E-state index in [2.05, 4.69) is 5.10 Å². The highest BCUT2D eigenvalue weighted by Gasteiger charge is 2.35. The Bertz CT molecular complexity index is 628. The smallest absolute Gasteiger partial charge is 0.259 e. The van der Waals surface area contributed by atoms with Crippen LogP contribution in [0.1, 0.15) is 23.7 Å². The van der Waals surface area contributed by atoms with E-state index in [1.165, 1.54) is 0 Å². The summed E-state index contributed by atoms with van der Waals surface area (Å²) in [7, 11) is 1.81. The van der Waals surface area contributed by atoms with Crippen LogP contribution < -0.4 is 0 Å². The number of aliphatic hydroxyl groups is 1. The maximum absolute atomic E-state index is 12.6. The van der Waals surface area contributed by atoms with Crippen LogP contribution in [0.4, 0.5) is 0 Å². The van der Waals surface area contributed by atoms with E-state index in [4.69, 9.17) is 0 Å². The summed E-state index contributed by atoms with van der Waals surface area (Å²) in [5.41, 5.74) is -0.229. The van der Waals surface area contributed by atoms with Crippen molar-refractivity contribution in [2.24, 2.45) is 7.05 Å². The number of hydrogen-bond donors (Lipinski definition) is 1. The lowest BCUT2D eigenvalue weighted by molar-refractivity contribution is 0.0572. The monoisotopic (exact) mass is 274 g/mol. The van der Waals surface area contributed by atoms with Crippen LogP contribution in [0.25, 0.3) is 5.82 Å². The number of hydrogen-bond acceptors (Lipinski definition) is 3. The molecule has 20 heavy (non-hydrogen) atoms. The van der Waals surface area contributed by atoms with E-state index < -0.39 is 5.60 Å². The number of aromatic nitrogens is 3. The summed E-state index contributed by atoms with van der Waals surface area (Å²) in [5, 5.41) is 14.2. The van der Waals surface area contributed by atoms with Crippen LogP contribution in [0.2, 0.25) is 0 Å². The molecular weight excluding hydrogens is 256 g/mol. The molecule has 1 fully saturated rings. The first kappa shape index (κ1) is 12.9. The predicted octanol–water partition coefficient (Wildman–Crippen LogP) is 0.808. The van der Waals surface area contributed by atoms with Gasteiger partial charge in [-0.25, -0.2) is 0 Å². The third kappa shape index (κ3) is 2.12. The Morgan fingerprint density at radius 2 is 2.10 bits per heavy atom. The Hall–Kier alpha value is -2.08. The molecule has 1 N–H and O–H groups in total. The molecule has 0 radical (unpaired) electrons. The van der Waals surface area contributed by atoms with Gasteiger partial charge < -0.3 is 14.6 Å². The molecule has 0 saturated carbocycles. The Morgan fingerprint density at radius 3 is 2.70 bits per heavy atom. The molecule has 0 aliphatic carbocycles. The molecule has 1 aliphatic heterocycles. The van der Waals surface area contributed by atoms with Gasteiger partial charge in [-0.3, -0.25) is 9.48 Å². The molecule has 1 amide bonds. The van der Waals surface area contributed by atoms with Gasteiger partial charge in [0.1, 0.15) is 11.4 Å². The van der Waals surface area contributed by atoms with Crippen molar-refractivity contribution in [2.75, 3.05) is 13.1 Å². The first-order chi connectivity index (χ1) is 9.48. The van der Waals surface area contributed by atoms with Crippen molar-refractivity contribution in [2.45, 2.75) is 18.9 Å². The van der Waals surface area contributed by atoms with Crippen LogP contribution in [-0.4, -0.2) is 49.0 Å². The number of carbonyl (C=O) groups is 1. The van der Waals surface area contributed by atoms with E-state index in [-0.39, 0.29) is 5.91 Å². The molecule has 1 saturated heterocycles. The largest absolute Gasteiger partial charge is 0.388 e. The SMILES string of the molecule is Cn1ncc(C(=O)N2CCC(C)(O)C2)c1-n1cccc1. The zero-order valence-electron chi connectivity index (χ0n) is 11.7. The summed E-state index contributed by atoms with van der Waals surface area (Å²) in [4.78, 5) is 14.3. The van der Waals surface area contributed by atoms with Gasteiger partial charge in [-0.1, -0.05) is 0 Å². The summed E-state index contributed by atoms with van der Waals surface area (Å²) in [5.74, 6) is 0.658. The molecule has 3 heterocycles. The first-order valence-electron chi connectivity index (χ1n) is 6.65. The average Bonchev–Trinajstić information content (AvgIpc) is 3.07. The quantitative estimate of drug-likeness (QED) is 0.881. The van der Waals surface area contributed by atoms with E-state index in [0.717, 1.165) is 5.82 Å². The van der Waals surface area contributed by atoms with Crippen molar-refractivity contribution in [3.8, 4) is 5.82 Å². The van der Waals surface area contributed by atoms with Crippen LogP contribution in [-0.2, 0) is 7.05 Å². The molecule has 0 aromatic carbocycles. The lowest BCUT2D eigenvalue weighted by Gasteiger charge is -2.19. The molecule has 0 spiro atoms. The van der Waals surface area contributed by atoms with E-state index in [9.17, 15) is 9.90 Å². The lowest BCUT2D eigenvalue weighted by Crippen LogP contribution is -2.34. The third-order valence-electron chi connectivity index (χ3n) is 3.73. The van der Waals surface area contributed by atoms with Gasteiger partial charge in [0.05, 0.1) is 11.8 Å². The maximum Gasteiger partial charge on any atom is 0.259 e. The Labute approximate surface area is 117 Å². The normalized spacial score (nSPS) is 22.4. The molecule has 2 aromatic heterocycles. The van der Waals surface area contributed by atoms with Gasteiger partial charge in [-0.15, -0.1) is 0 Å². The molecule has 106 valence electrons. The van der Waals surface area contributed by atoms with E-state index in [1.54, 1.807) is 22.7 Å². The molecule has 3 rings (SSSR count). The highest BCUT2D eigenvalue weighted by molar-refractivity contribution is 5.97. The standard InChI is InChI=1S/C14H18N4O2/c1-14(20)5-8-18(10-14)13(19)11-9-15-16(2)12(11)17-6-3-4-7-17/h3-4,6-7,9,20H,5,8,10H2,1-2H3. The van der Waals surface area contributed by atoms with Gasteiger partial charge in [-0.2, -0.15) is 5.10 Å². The van der Waals surface area contributed by atoms with Crippen molar-refractivity contribution in [1.29, 1.82) is 0 Å². The number of carbonyl (C=O) groups excluding carboxylic acids is 1. The summed E-state index contributed by atoms with van der Waals surface area (Å²) >= 11 is 0. The van der Waals surface area contributed by atoms with E-state index in [1.807, 2.05) is 36.1 Å². The molecule has 2 aromatic rings. The number of amides is 1. The van der Waals surface area contributed by atoms with Crippen LogP contribution in [0.3, 0.4) is 0 Å². The molecule has 6 heteroatoms. The second-order valence-electron chi connectivity index (χ2n) is 5.57. The van der Waals surface area contributed by atoms with Crippen molar-refractivity contribution in [3.63, 3.8) is 0 Å². The van der Waals surface area contributed by atoms with Crippen LogP contribution >= 0.6 is 0 Å². The highest BCUT2D eigenvalue weighted by Crippen LogP contribution is 2.24. The van der Waals surface area contributed by atoms with Crippen molar-refractivity contribution in [3.05, 3.63) is 36.3 Å². The minimum Gasteiger partial charge on any atom is -0.388 e.